The third kappa shape index (κ3) is 2.11. The summed E-state index contributed by atoms with van der Waals surface area (Å²) in [5, 5.41) is 0. The van der Waals surface area contributed by atoms with E-state index in [1.807, 2.05) is 24.7 Å². The first-order valence-electron chi connectivity index (χ1n) is 5.28. The van der Waals surface area contributed by atoms with Crippen LogP contribution in [0.1, 0.15) is 5.56 Å². The van der Waals surface area contributed by atoms with E-state index in [-0.39, 0.29) is 5.82 Å². The summed E-state index contributed by atoms with van der Waals surface area (Å²) in [6.45, 7) is 1.87. The van der Waals surface area contributed by atoms with Crippen LogP contribution in [0, 0.1) is 12.7 Å². The van der Waals surface area contributed by atoms with Gasteiger partial charge in [-0.25, -0.2) is 9.37 Å². The number of halogens is 1. The molecule has 17 heavy (non-hydrogen) atoms. The molecule has 1 heterocycles. The molecule has 1 aromatic heterocycles. The molecule has 88 valence electrons. The standard InChI is InChI=1S/C13H14FN2O/c1-9-8-10(14)4-5-11(9)12-13(17-3)15-6-7-16(12)2/h4-8H,1-3H3/q+1. The lowest BCUT2D eigenvalue weighted by atomic mass is 10.1. The molecule has 0 radical (unpaired) electrons. The molecule has 0 aliphatic carbocycles. The smallest absolute Gasteiger partial charge is 0.288 e. The summed E-state index contributed by atoms with van der Waals surface area (Å²) in [7, 11) is 3.48. The van der Waals surface area contributed by atoms with Gasteiger partial charge in [-0.2, -0.15) is 4.57 Å². The average Bonchev–Trinajstić information content (AvgIpc) is 2.30. The summed E-state index contributed by atoms with van der Waals surface area (Å²) in [6, 6.07) is 4.68. The van der Waals surface area contributed by atoms with Gasteiger partial charge >= 0.3 is 0 Å². The lowest BCUT2D eigenvalue weighted by Gasteiger charge is -2.07. The van der Waals surface area contributed by atoms with Gasteiger partial charge in [0.25, 0.3) is 11.6 Å². The first-order valence-corrected chi connectivity index (χ1v) is 5.28. The van der Waals surface area contributed by atoms with Gasteiger partial charge < -0.3 is 4.74 Å². The predicted molar refractivity (Wildman–Crippen MR) is 62.1 cm³/mol. The number of nitrogens with zero attached hydrogens (tertiary/aromatic N) is 2. The highest BCUT2D eigenvalue weighted by atomic mass is 19.1. The maximum atomic E-state index is 13.1. The van der Waals surface area contributed by atoms with Gasteiger partial charge in [0.15, 0.2) is 6.20 Å². The molecular weight excluding hydrogens is 219 g/mol. The van der Waals surface area contributed by atoms with E-state index >= 15 is 0 Å². The molecule has 0 bridgehead atoms. The third-order valence-corrected chi connectivity index (χ3v) is 2.67. The van der Waals surface area contributed by atoms with E-state index in [4.69, 9.17) is 4.74 Å². The summed E-state index contributed by atoms with van der Waals surface area (Å²) in [5.41, 5.74) is 2.61. The lowest BCUT2D eigenvalue weighted by Crippen LogP contribution is -2.31. The zero-order valence-corrected chi connectivity index (χ0v) is 10.1. The van der Waals surface area contributed by atoms with E-state index in [1.54, 1.807) is 19.4 Å². The quantitative estimate of drug-likeness (QED) is 0.742. The van der Waals surface area contributed by atoms with E-state index in [0.717, 1.165) is 16.8 Å². The molecule has 0 saturated heterocycles. The minimum absolute atomic E-state index is 0.239. The molecule has 0 N–H and O–H groups in total. The van der Waals surface area contributed by atoms with Gasteiger partial charge in [0.1, 0.15) is 12.9 Å². The van der Waals surface area contributed by atoms with Gasteiger partial charge in [0, 0.05) is 0 Å². The fourth-order valence-corrected chi connectivity index (χ4v) is 1.83. The van der Waals surface area contributed by atoms with Crippen LogP contribution in [0.3, 0.4) is 0 Å². The van der Waals surface area contributed by atoms with Crippen molar-refractivity contribution in [1.82, 2.24) is 4.98 Å². The molecule has 0 spiro atoms. The van der Waals surface area contributed by atoms with Gasteiger partial charge in [0.2, 0.25) is 0 Å². The van der Waals surface area contributed by atoms with Crippen LogP contribution in [-0.2, 0) is 7.05 Å². The number of hydrogen-bond acceptors (Lipinski definition) is 2. The Balaban J connectivity index is 2.67. The van der Waals surface area contributed by atoms with Crippen molar-refractivity contribution < 1.29 is 13.7 Å². The molecule has 2 aromatic rings. The first kappa shape index (κ1) is 11.5. The van der Waals surface area contributed by atoms with Crippen LogP contribution in [0.4, 0.5) is 4.39 Å². The Bertz CT molecular complexity index is 555. The molecule has 0 unspecified atom stereocenters. The highest BCUT2D eigenvalue weighted by Crippen LogP contribution is 2.27. The Morgan fingerprint density at radius 2 is 2.12 bits per heavy atom. The van der Waals surface area contributed by atoms with Gasteiger partial charge in [-0.05, 0) is 30.7 Å². The van der Waals surface area contributed by atoms with Crippen LogP contribution in [-0.4, -0.2) is 12.1 Å². The zero-order valence-electron chi connectivity index (χ0n) is 10.1. The van der Waals surface area contributed by atoms with Crippen molar-refractivity contribution >= 4 is 0 Å². The van der Waals surface area contributed by atoms with Gasteiger partial charge in [0.05, 0.1) is 18.9 Å². The van der Waals surface area contributed by atoms with Gasteiger partial charge in [-0.3, -0.25) is 0 Å². The second kappa shape index (κ2) is 4.49. The van der Waals surface area contributed by atoms with Crippen LogP contribution >= 0.6 is 0 Å². The fraction of sp³-hybridized carbons (Fsp3) is 0.231. The average molecular weight is 233 g/mol. The molecule has 2 rings (SSSR count). The number of aromatic nitrogens is 2. The summed E-state index contributed by atoms with van der Waals surface area (Å²) in [6.07, 6.45) is 3.50. The van der Waals surface area contributed by atoms with Crippen molar-refractivity contribution in [2.24, 2.45) is 7.05 Å². The molecule has 4 heteroatoms. The van der Waals surface area contributed by atoms with Crippen molar-refractivity contribution in [3.8, 4) is 17.1 Å². The van der Waals surface area contributed by atoms with Crippen LogP contribution in [0.2, 0.25) is 0 Å². The number of rotatable bonds is 2. The first-order chi connectivity index (χ1) is 8.13. The molecule has 0 aliphatic heterocycles. The van der Waals surface area contributed by atoms with E-state index in [9.17, 15) is 4.39 Å². The lowest BCUT2D eigenvalue weighted by molar-refractivity contribution is -0.661. The minimum atomic E-state index is -0.239. The molecule has 0 amide bonds. The maximum Gasteiger partial charge on any atom is 0.288 e. The normalized spacial score (nSPS) is 10.4. The number of methoxy groups -OCH3 is 1. The van der Waals surface area contributed by atoms with Gasteiger partial charge in [-0.15, -0.1) is 0 Å². The SMILES string of the molecule is COc1ncc[n+](C)c1-c1ccc(F)cc1C. The Kier molecular flexibility index (Phi) is 3.04. The number of aryl methyl sites for hydroxylation is 2. The Labute approximate surface area is 99.5 Å². The van der Waals surface area contributed by atoms with Crippen LogP contribution < -0.4 is 9.30 Å². The molecule has 3 nitrogen and oxygen atoms in total. The zero-order chi connectivity index (χ0) is 12.4. The number of benzene rings is 1. The molecular formula is C13H14FN2O+. The summed E-state index contributed by atoms with van der Waals surface area (Å²) in [4.78, 5) is 4.16. The van der Waals surface area contributed by atoms with Crippen molar-refractivity contribution in [2.45, 2.75) is 6.92 Å². The monoisotopic (exact) mass is 233 g/mol. The third-order valence-electron chi connectivity index (χ3n) is 2.67. The Morgan fingerprint density at radius 3 is 2.76 bits per heavy atom. The maximum absolute atomic E-state index is 13.1. The second-order valence-electron chi connectivity index (χ2n) is 3.86. The highest BCUT2D eigenvalue weighted by Gasteiger charge is 2.20. The van der Waals surface area contributed by atoms with Crippen LogP contribution in [0.25, 0.3) is 11.3 Å². The minimum Gasteiger partial charge on any atom is -0.476 e. The van der Waals surface area contributed by atoms with Crippen molar-refractivity contribution in [3.05, 3.63) is 42.0 Å². The van der Waals surface area contributed by atoms with E-state index in [2.05, 4.69) is 4.98 Å². The summed E-state index contributed by atoms with van der Waals surface area (Å²) >= 11 is 0. The van der Waals surface area contributed by atoms with Gasteiger partial charge in [-0.1, -0.05) is 0 Å². The Morgan fingerprint density at radius 1 is 1.35 bits per heavy atom. The van der Waals surface area contributed by atoms with Crippen molar-refractivity contribution in [2.75, 3.05) is 7.11 Å². The molecule has 0 atom stereocenters. The fourth-order valence-electron chi connectivity index (χ4n) is 1.83. The molecule has 0 fully saturated rings. The topological polar surface area (TPSA) is 26.0 Å². The Hall–Kier alpha value is -1.97. The summed E-state index contributed by atoms with van der Waals surface area (Å²) < 4.78 is 20.2. The van der Waals surface area contributed by atoms with E-state index in [1.165, 1.54) is 12.1 Å². The van der Waals surface area contributed by atoms with Crippen LogP contribution in [0.15, 0.2) is 30.6 Å². The largest absolute Gasteiger partial charge is 0.476 e. The van der Waals surface area contributed by atoms with Crippen LogP contribution in [0.5, 0.6) is 5.88 Å². The van der Waals surface area contributed by atoms with E-state index < -0.39 is 0 Å². The molecule has 0 saturated carbocycles. The summed E-state index contributed by atoms with van der Waals surface area (Å²) in [5.74, 6) is 0.293. The van der Waals surface area contributed by atoms with Crippen molar-refractivity contribution in [1.29, 1.82) is 0 Å². The van der Waals surface area contributed by atoms with E-state index in [0.29, 0.717) is 5.88 Å². The molecule has 0 aliphatic rings. The number of ether oxygens (including phenoxy) is 1. The molecule has 1 aromatic carbocycles. The second-order valence-corrected chi connectivity index (χ2v) is 3.86. The predicted octanol–water partition coefficient (Wildman–Crippen LogP) is 2.03. The van der Waals surface area contributed by atoms with Crippen molar-refractivity contribution in [3.63, 3.8) is 0 Å². The highest BCUT2D eigenvalue weighted by molar-refractivity contribution is 5.65. The number of hydrogen-bond donors (Lipinski definition) is 0.